The Balaban J connectivity index is 1.39. The molecule has 1 saturated heterocycles. The van der Waals surface area contributed by atoms with Gasteiger partial charge in [-0.05, 0) is 67.1 Å². The van der Waals surface area contributed by atoms with Crippen LogP contribution >= 0.6 is 0 Å². The second-order valence-electron chi connectivity index (χ2n) is 7.40. The summed E-state index contributed by atoms with van der Waals surface area (Å²) in [6, 6.07) is 0. The zero-order valence-corrected chi connectivity index (χ0v) is 10.4. The molecule has 0 radical (unpaired) electrons. The molecule has 17 heavy (non-hydrogen) atoms. The molecule has 0 amide bonds. The summed E-state index contributed by atoms with van der Waals surface area (Å²) in [4.78, 5) is 0. The normalized spacial score (nSPS) is 58.7. The lowest BCUT2D eigenvalue weighted by molar-refractivity contribution is -0.0496. The quantitative estimate of drug-likeness (QED) is 0.523. The van der Waals surface area contributed by atoms with Crippen LogP contribution in [-0.4, -0.2) is 13.2 Å². The van der Waals surface area contributed by atoms with Crippen molar-refractivity contribution >= 4 is 0 Å². The molecule has 1 heterocycles. The van der Waals surface area contributed by atoms with Crippen LogP contribution in [0.1, 0.15) is 25.7 Å². The fraction of sp³-hybridized carbons (Fsp3) is 0.875. The fourth-order valence-corrected chi connectivity index (χ4v) is 6.27. The van der Waals surface area contributed by atoms with E-state index in [2.05, 4.69) is 12.2 Å². The predicted molar refractivity (Wildman–Crippen MR) is 66.3 cm³/mol. The highest BCUT2D eigenvalue weighted by molar-refractivity contribution is 5.20. The molecule has 3 saturated carbocycles. The largest absolute Gasteiger partial charge is 0.381 e. The third-order valence-corrected chi connectivity index (χ3v) is 6.75. The number of fused-ring (bicyclic) bond motifs is 9. The van der Waals surface area contributed by atoms with Gasteiger partial charge in [0.25, 0.3) is 0 Å². The number of hydrogen-bond acceptors (Lipinski definition) is 1. The maximum absolute atomic E-state index is 5.35. The van der Waals surface area contributed by atoms with Crippen LogP contribution in [0.3, 0.4) is 0 Å². The molecule has 0 spiro atoms. The topological polar surface area (TPSA) is 9.23 Å². The fourth-order valence-electron chi connectivity index (χ4n) is 6.27. The molecule has 1 nitrogen and oxygen atoms in total. The van der Waals surface area contributed by atoms with Crippen LogP contribution in [0, 0.1) is 47.3 Å². The first-order chi connectivity index (χ1) is 8.40. The van der Waals surface area contributed by atoms with Gasteiger partial charge in [0.15, 0.2) is 0 Å². The minimum absolute atomic E-state index is 0.923. The molecular weight excluding hydrogens is 208 g/mol. The average Bonchev–Trinajstić information content (AvgIpc) is 2.99. The molecule has 4 bridgehead atoms. The van der Waals surface area contributed by atoms with Gasteiger partial charge in [0.2, 0.25) is 0 Å². The lowest BCUT2D eigenvalue weighted by Crippen LogP contribution is -2.35. The first kappa shape index (κ1) is 9.61. The Morgan fingerprint density at radius 3 is 2.53 bits per heavy atom. The van der Waals surface area contributed by atoms with Crippen molar-refractivity contribution in [2.75, 3.05) is 13.2 Å². The van der Waals surface area contributed by atoms with Gasteiger partial charge in [0.1, 0.15) is 0 Å². The molecule has 4 aliphatic carbocycles. The van der Waals surface area contributed by atoms with E-state index in [9.17, 15) is 0 Å². The van der Waals surface area contributed by atoms with Crippen molar-refractivity contribution in [3.05, 3.63) is 12.2 Å². The average molecular weight is 230 g/mol. The number of rotatable bonds is 2. The van der Waals surface area contributed by atoms with Gasteiger partial charge in [-0.2, -0.15) is 0 Å². The molecule has 0 aromatic rings. The van der Waals surface area contributed by atoms with Crippen LogP contribution in [0.2, 0.25) is 0 Å². The van der Waals surface area contributed by atoms with E-state index in [-0.39, 0.29) is 0 Å². The Morgan fingerprint density at radius 1 is 0.941 bits per heavy atom. The van der Waals surface area contributed by atoms with Crippen LogP contribution in [0.4, 0.5) is 0 Å². The van der Waals surface area contributed by atoms with Crippen LogP contribution in [0.5, 0.6) is 0 Å². The Morgan fingerprint density at radius 2 is 1.76 bits per heavy atom. The van der Waals surface area contributed by atoms with Crippen molar-refractivity contribution in [1.29, 1.82) is 0 Å². The molecular formula is C16H22O. The Hall–Kier alpha value is -0.300. The highest BCUT2D eigenvalue weighted by atomic mass is 16.5. The van der Waals surface area contributed by atoms with E-state index in [0.29, 0.717) is 0 Å². The summed E-state index contributed by atoms with van der Waals surface area (Å²) in [5.41, 5.74) is 0. The zero-order valence-electron chi connectivity index (χ0n) is 10.4. The van der Waals surface area contributed by atoms with Gasteiger partial charge < -0.3 is 4.74 Å². The van der Waals surface area contributed by atoms with Crippen LogP contribution < -0.4 is 0 Å². The molecule has 92 valence electrons. The van der Waals surface area contributed by atoms with Gasteiger partial charge in [-0.3, -0.25) is 0 Å². The molecule has 0 aromatic carbocycles. The van der Waals surface area contributed by atoms with Gasteiger partial charge in [0.05, 0.1) is 13.2 Å². The van der Waals surface area contributed by atoms with E-state index in [1.54, 1.807) is 12.8 Å². The van der Waals surface area contributed by atoms with E-state index >= 15 is 0 Å². The number of ether oxygens (including phenoxy) is 1. The standard InChI is InChI=1S/C16H22O/c1-2-11-4-10(1)15-13-5-12(3-9-7-17-8-9)14(6-13)16(11)15/h1-2,9-16H,3-8H2. The minimum Gasteiger partial charge on any atom is -0.381 e. The smallest absolute Gasteiger partial charge is 0.0516 e. The molecule has 5 rings (SSSR count). The molecule has 7 unspecified atom stereocenters. The molecule has 1 aliphatic heterocycles. The lowest BCUT2D eigenvalue weighted by atomic mass is 9.67. The lowest BCUT2D eigenvalue weighted by Gasteiger charge is -2.39. The third-order valence-electron chi connectivity index (χ3n) is 6.75. The Labute approximate surface area is 104 Å². The SMILES string of the molecule is C1=CC2CC1C1C3CC(CC4COC4)C(C3)C21. The van der Waals surface area contributed by atoms with Gasteiger partial charge in [-0.25, -0.2) is 0 Å². The summed E-state index contributed by atoms with van der Waals surface area (Å²) < 4.78 is 5.35. The highest BCUT2D eigenvalue weighted by Gasteiger charge is 2.60. The molecule has 5 aliphatic rings. The van der Waals surface area contributed by atoms with Gasteiger partial charge in [-0.15, -0.1) is 0 Å². The van der Waals surface area contributed by atoms with E-state index in [1.165, 1.54) is 12.8 Å². The van der Waals surface area contributed by atoms with Gasteiger partial charge in [-0.1, -0.05) is 12.2 Å². The van der Waals surface area contributed by atoms with Crippen molar-refractivity contribution in [2.45, 2.75) is 25.7 Å². The van der Waals surface area contributed by atoms with Crippen molar-refractivity contribution in [2.24, 2.45) is 47.3 Å². The first-order valence-electron chi connectivity index (χ1n) is 7.66. The third kappa shape index (κ3) is 1.15. The molecule has 0 N–H and O–H groups in total. The predicted octanol–water partition coefficient (Wildman–Crippen LogP) is 3.12. The van der Waals surface area contributed by atoms with E-state index in [4.69, 9.17) is 4.74 Å². The summed E-state index contributed by atoms with van der Waals surface area (Å²) in [5, 5.41) is 0. The Kier molecular flexibility index (Phi) is 1.79. The number of allylic oxidation sites excluding steroid dienone is 2. The second kappa shape index (κ2) is 3.17. The molecule has 4 fully saturated rings. The van der Waals surface area contributed by atoms with Gasteiger partial charge >= 0.3 is 0 Å². The summed E-state index contributed by atoms with van der Waals surface area (Å²) in [7, 11) is 0. The maximum Gasteiger partial charge on any atom is 0.0516 e. The zero-order chi connectivity index (χ0) is 11.0. The van der Waals surface area contributed by atoms with Crippen molar-refractivity contribution < 1.29 is 4.74 Å². The number of hydrogen-bond donors (Lipinski definition) is 0. The highest BCUT2D eigenvalue weighted by Crippen LogP contribution is 2.67. The molecule has 0 aromatic heterocycles. The summed E-state index contributed by atoms with van der Waals surface area (Å²) in [6.07, 6.45) is 11.3. The van der Waals surface area contributed by atoms with Crippen LogP contribution in [-0.2, 0) is 4.74 Å². The second-order valence-corrected chi connectivity index (χ2v) is 7.40. The summed E-state index contributed by atoms with van der Waals surface area (Å²) >= 11 is 0. The van der Waals surface area contributed by atoms with Crippen LogP contribution in [0.15, 0.2) is 12.2 Å². The molecule has 1 heteroatoms. The van der Waals surface area contributed by atoms with E-state index < -0.39 is 0 Å². The summed E-state index contributed by atoms with van der Waals surface area (Å²) in [6.45, 7) is 2.13. The van der Waals surface area contributed by atoms with Crippen LogP contribution in [0.25, 0.3) is 0 Å². The molecule has 7 atom stereocenters. The van der Waals surface area contributed by atoms with Gasteiger partial charge in [0, 0.05) is 5.92 Å². The first-order valence-corrected chi connectivity index (χ1v) is 7.66. The minimum atomic E-state index is 0.923. The maximum atomic E-state index is 5.35. The summed E-state index contributed by atoms with van der Waals surface area (Å²) in [5.74, 6) is 8.41. The monoisotopic (exact) mass is 230 g/mol. The van der Waals surface area contributed by atoms with Crippen molar-refractivity contribution in [3.8, 4) is 0 Å². The van der Waals surface area contributed by atoms with Crippen molar-refractivity contribution in [3.63, 3.8) is 0 Å². The van der Waals surface area contributed by atoms with Crippen molar-refractivity contribution in [1.82, 2.24) is 0 Å². The Bertz CT molecular complexity index is 370. The van der Waals surface area contributed by atoms with E-state index in [1.807, 2.05) is 0 Å². The van der Waals surface area contributed by atoms with E-state index in [0.717, 1.165) is 60.6 Å².